The second-order valence-electron chi connectivity index (χ2n) is 3.94. The number of esters is 1. The molecule has 0 amide bonds. The SMILES string of the molecule is CCOC(=O)CCNC1(CC(=O)O)CNC1. The van der Waals surface area contributed by atoms with E-state index in [-0.39, 0.29) is 18.8 Å². The molecule has 1 rings (SSSR count). The highest BCUT2D eigenvalue weighted by molar-refractivity contribution is 5.70. The van der Waals surface area contributed by atoms with E-state index in [1.165, 1.54) is 0 Å². The first-order valence-corrected chi connectivity index (χ1v) is 5.41. The topological polar surface area (TPSA) is 87.7 Å². The largest absolute Gasteiger partial charge is 0.481 e. The van der Waals surface area contributed by atoms with Crippen molar-refractivity contribution in [2.45, 2.75) is 25.3 Å². The second kappa shape index (κ2) is 5.81. The van der Waals surface area contributed by atoms with Crippen LogP contribution < -0.4 is 10.6 Å². The van der Waals surface area contributed by atoms with E-state index in [1.54, 1.807) is 6.92 Å². The minimum atomic E-state index is -0.829. The zero-order valence-corrected chi connectivity index (χ0v) is 9.41. The van der Waals surface area contributed by atoms with Crippen LogP contribution in [0.2, 0.25) is 0 Å². The molecule has 92 valence electrons. The molecule has 1 fully saturated rings. The van der Waals surface area contributed by atoms with Crippen LogP contribution in [0.5, 0.6) is 0 Å². The van der Waals surface area contributed by atoms with Gasteiger partial charge in [-0.2, -0.15) is 0 Å². The predicted molar refractivity (Wildman–Crippen MR) is 57.1 cm³/mol. The summed E-state index contributed by atoms with van der Waals surface area (Å²) in [7, 11) is 0. The molecule has 0 bridgehead atoms. The van der Waals surface area contributed by atoms with Crippen molar-refractivity contribution in [1.82, 2.24) is 10.6 Å². The molecule has 3 N–H and O–H groups in total. The first-order chi connectivity index (χ1) is 7.58. The predicted octanol–water partition coefficient (Wildman–Crippen LogP) is -0.654. The number of hydrogen-bond donors (Lipinski definition) is 3. The van der Waals surface area contributed by atoms with Gasteiger partial charge in [0.05, 0.1) is 25.0 Å². The van der Waals surface area contributed by atoms with Gasteiger partial charge in [0.15, 0.2) is 0 Å². The molecule has 6 nitrogen and oxygen atoms in total. The Kier molecular flexibility index (Phi) is 4.70. The van der Waals surface area contributed by atoms with Gasteiger partial charge in [-0.25, -0.2) is 0 Å². The Hall–Kier alpha value is -1.14. The fraction of sp³-hybridized carbons (Fsp3) is 0.800. The van der Waals surface area contributed by atoms with Crippen LogP contribution in [0.1, 0.15) is 19.8 Å². The molecular weight excluding hydrogens is 212 g/mol. The number of nitrogens with one attached hydrogen (secondary N) is 2. The quantitative estimate of drug-likeness (QED) is 0.504. The van der Waals surface area contributed by atoms with Crippen molar-refractivity contribution in [2.24, 2.45) is 0 Å². The van der Waals surface area contributed by atoms with E-state index in [0.717, 1.165) is 0 Å². The summed E-state index contributed by atoms with van der Waals surface area (Å²) in [6.45, 7) is 3.84. The first kappa shape index (κ1) is 12.9. The van der Waals surface area contributed by atoms with E-state index < -0.39 is 11.5 Å². The molecule has 6 heteroatoms. The van der Waals surface area contributed by atoms with Gasteiger partial charge in [-0.3, -0.25) is 9.59 Å². The monoisotopic (exact) mass is 230 g/mol. The minimum Gasteiger partial charge on any atom is -0.481 e. The van der Waals surface area contributed by atoms with Crippen LogP contribution in [0.25, 0.3) is 0 Å². The molecule has 0 aromatic rings. The van der Waals surface area contributed by atoms with Gasteiger partial charge in [-0.05, 0) is 6.92 Å². The minimum absolute atomic E-state index is 0.0722. The maximum atomic E-state index is 11.1. The summed E-state index contributed by atoms with van der Waals surface area (Å²) in [6, 6.07) is 0. The molecule has 0 aromatic carbocycles. The Morgan fingerprint density at radius 1 is 1.50 bits per heavy atom. The van der Waals surface area contributed by atoms with Gasteiger partial charge < -0.3 is 20.5 Å². The highest BCUT2D eigenvalue weighted by Crippen LogP contribution is 2.15. The third-order valence-corrected chi connectivity index (χ3v) is 2.55. The summed E-state index contributed by atoms with van der Waals surface area (Å²) in [5, 5.41) is 14.9. The van der Waals surface area contributed by atoms with Gasteiger partial charge in [0, 0.05) is 19.6 Å². The fourth-order valence-corrected chi connectivity index (χ4v) is 1.69. The number of hydrogen-bond acceptors (Lipinski definition) is 5. The number of ether oxygens (including phenoxy) is 1. The van der Waals surface area contributed by atoms with Crippen LogP contribution in [0.3, 0.4) is 0 Å². The van der Waals surface area contributed by atoms with E-state index in [0.29, 0.717) is 26.2 Å². The molecular formula is C10H18N2O4. The lowest BCUT2D eigenvalue weighted by Crippen LogP contribution is -2.68. The number of carboxylic acids is 1. The van der Waals surface area contributed by atoms with E-state index in [2.05, 4.69) is 10.6 Å². The van der Waals surface area contributed by atoms with Crippen molar-refractivity contribution in [2.75, 3.05) is 26.2 Å². The Morgan fingerprint density at radius 3 is 2.62 bits per heavy atom. The van der Waals surface area contributed by atoms with Crippen molar-refractivity contribution >= 4 is 11.9 Å². The third kappa shape index (κ3) is 3.79. The number of carbonyl (C=O) groups is 2. The summed E-state index contributed by atoms with van der Waals surface area (Å²) >= 11 is 0. The lowest BCUT2D eigenvalue weighted by Gasteiger charge is -2.42. The van der Waals surface area contributed by atoms with Crippen molar-refractivity contribution in [3.8, 4) is 0 Å². The third-order valence-electron chi connectivity index (χ3n) is 2.55. The Labute approximate surface area is 94.3 Å². The van der Waals surface area contributed by atoms with Crippen LogP contribution in [0.15, 0.2) is 0 Å². The molecule has 0 unspecified atom stereocenters. The van der Waals surface area contributed by atoms with Gasteiger partial charge in [-0.1, -0.05) is 0 Å². The van der Waals surface area contributed by atoms with Crippen molar-refractivity contribution in [3.63, 3.8) is 0 Å². The highest BCUT2D eigenvalue weighted by Gasteiger charge is 2.38. The van der Waals surface area contributed by atoms with Crippen LogP contribution in [0.4, 0.5) is 0 Å². The van der Waals surface area contributed by atoms with Gasteiger partial charge in [0.2, 0.25) is 0 Å². The first-order valence-electron chi connectivity index (χ1n) is 5.41. The molecule has 1 heterocycles. The van der Waals surface area contributed by atoms with Crippen LogP contribution in [0, 0.1) is 0 Å². The summed E-state index contributed by atoms with van der Waals surface area (Å²) in [6.07, 6.45) is 0.345. The standard InChI is InChI=1S/C10H18N2O4/c1-2-16-9(15)3-4-12-10(5-8(13)14)6-11-7-10/h11-12H,2-7H2,1H3,(H,13,14). The van der Waals surface area contributed by atoms with Crippen LogP contribution in [-0.2, 0) is 14.3 Å². The van der Waals surface area contributed by atoms with E-state index >= 15 is 0 Å². The summed E-state index contributed by atoms with van der Waals surface area (Å²) in [5.74, 6) is -1.09. The maximum Gasteiger partial charge on any atom is 0.307 e. The van der Waals surface area contributed by atoms with E-state index in [9.17, 15) is 9.59 Å². The Bertz CT molecular complexity index is 264. The molecule has 16 heavy (non-hydrogen) atoms. The molecule has 0 saturated carbocycles. The molecule has 1 aliphatic rings. The average Bonchev–Trinajstić information content (AvgIpc) is 2.13. The second-order valence-corrected chi connectivity index (χ2v) is 3.94. The van der Waals surface area contributed by atoms with Gasteiger partial charge in [0.25, 0.3) is 0 Å². The fourth-order valence-electron chi connectivity index (χ4n) is 1.69. The molecule has 0 aromatic heterocycles. The van der Waals surface area contributed by atoms with Crippen LogP contribution in [-0.4, -0.2) is 48.8 Å². The highest BCUT2D eigenvalue weighted by atomic mass is 16.5. The summed E-state index contributed by atoms with van der Waals surface area (Å²) < 4.78 is 4.78. The van der Waals surface area contributed by atoms with E-state index in [1.807, 2.05) is 0 Å². The molecule has 0 aliphatic carbocycles. The number of carboxylic acid groups (broad SMARTS) is 1. The summed E-state index contributed by atoms with van der Waals surface area (Å²) in [4.78, 5) is 21.7. The zero-order valence-electron chi connectivity index (χ0n) is 9.41. The Morgan fingerprint density at radius 2 is 2.19 bits per heavy atom. The number of aliphatic carboxylic acids is 1. The smallest absolute Gasteiger partial charge is 0.307 e. The van der Waals surface area contributed by atoms with Crippen molar-refractivity contribution < 1.29 is 19.4 Å². The Balaban J connectivity index is 2.24. The van der Waals surface area contributed by atoms with Crippen molar-refractivity contribution in [1.29, 1.82) is 0 Å². The zero-order chi connectivity index (χ0) is 12.0. The normalized spacial score (nSPS) is 17.6. The van der Waals surface area contributed by atoms with Crippen LogP contribution >= 0.6 is 0 Å². The average molecular weight is 230 g/mol. The lowest BCUT2D eigenvalue weighted by atomic mass is 9.88. The van der Waals surface area contributed by atoms with Gasteiger partial charge >= 0.3 is 11.9 Å². The molecule has 1 saturated heterocycles. The van der Waals surface area contributed by atoms with Gasteiger partial charge in [-0.15, -0.1) is 0 Å². The molecule has 1 aliphatic heterocycles. The summed E-state index contributed by atoms with van der Waals surface area (Å²) in [5.41, 5.74) is -0.391. The maximum absolute atomic E-state index is 11.1. The van der Waals surface area contributed by atoms with Gasteiger partial charge in [0.1, 0.15) is 0 Å². The lowest BCUT2D eigenvalue weighted by molar-refractivity contribution is -0.143. The molecule has 0 radical (unpaired) electrons. The van der Waals surface area contributed by atoms with E-state index in [4.69, 9.17) is 9.84 Å². The van der Waals surface area contributed by atoms with Crippen molar-refractivity contribution in [3.05, 3.63) is 0 Å². The molecule has 0 atom stereocenters. The molecule has 0 spiro atoms. The number of carbonyl (C=O) groups excluding carboxylic acids is 1. The number of rotatable bonds is 7.